The lowest BCUT2D eigenvalue weighted by atomic mass is 10.0. The van der Waals surface area contributed by atoms with Crippen LogP contribution >= 0.6 is 0 Å². The number of piperazine rings is 1. The number of amides is 1. The van der Waals surface area contributed by atoms with Crippen LogP contribution in [0.5, 0.6) is 0 Å². The summed E-state index contributed by atoms with van der Waals surface area (Å²) in [4.78, 5) is 20.9. The van der Waals surface area contributed by atoms with Gasteiger partial charge in [-0.25, -0.2) is 0 Å². The van der Waals surface area contributed by atoms with E-state index in [9.17, 15) is 18.0 Å². The molecule has 2 heterocycles. The lowest BCUT2D eigenvalue weighted by Gasteiger charge is -2.34. The summed E-state index contributed by atoms with van der Waals surface area (Å²) in [5.74, 6) is 0.868. The summed E-state index contributed by atoms with van der Waals surface area (Å²) in [5, 5.41) is 3.83. The van der Waals surface area contributed by atoms with Gasteiger partial charge in [0.15, 0.2) is 0 Å². The van der Waals surface area contributed by atoms with Crippen LogP contribution < -0.4 is 0 Å². The monoisotopic (exact) mass is 458 g/mol. The average molecular weight is 458 g/mol. The molecule has 0 bridgehead atoms. The first-order valence-corrected chi connectivity index (χ1v) is 10.8. The van der Waals surface area contributed by atoms with Gasteiger partial charge in [-0.1, -0.05) is 43.3 Å². The van der Waals surface area contributed by atoms with Gasteiger partial charge in [0.25, 0.3) is 5.91 Å². The summed E-state index contributed by atoms with van der Waals surface area (Å²) in [7, 11) is 0. The summed E-state index contributed by atoms with van der Waals surface area (Å²) < 4.78 is 44.1. The van der Waals surface area contributed by atoms with Crippen molar-refractivity contribution in [2.24, 2.45) is 0 Å². The molecule has 33 heavy (non-hydrogen) atoms. The summed E-state index contributed by atoms with van der Waals surface area (Å²) in [6.07, 6.45) is -4.43. The van der Waals surface area contributed by atoms with Crippen LogP contribution in [0.25, 0.3) is 11.4 Å². The van der Waals surface area contributed by atoms with E-state index >= 15 is 0 Å². The number of rotatable bonds is 5. The number of aromatic nitrogens is 2. The van der Waals surface area contributed by atoms with Gasteiger partial charge < -0.3 is 9.42 Å². The minimum Gasteiger partial charge on any atom is -0.338 e. The average Bonchev–Trinajstić information content (AvgIpc) is 3.27. The van der Waals surface area contributed by atoms with Crippen molar-refractivity contribution in [3.8, 4) is 11.4 Å². The Morgan fingerprint density at radius 3 is 2.39 bits per heavy atom. The second-order valence-electron chi connectivity index (χ2n) is 8.44. The fourth-order valence-corrected chi connectivity index (χ4v) is 3.76. The first kappa shape index (κ1) is 23.0. The van der Waals surface area contributed by atoms with E-state index in [0.29, 0.717) is 50.1 Å². The van der Waals surface area contributed by atoms with Gasteiger partial charge in [-0.05, 0) is 35.7 Å². The van der Waals surface area contributed by atoms with Gasteiger partial charge >= 0.3 is 6.18 Å². The number of carbonyl (C=O) groups is 1. The molecule has 0 N–H and O–H groups in total. The molecule has 1 aromatic heterocycles. The van der Waals surface area contributed by atoms with Gasteiger partial charge in [-0.3, -0.25) is 9.69 Å². The van der Waals surface area contributed by atoms with E-state index in [-0.39, 0.29) is 17.3 Å². The number of halogens is 3. The molecule has 1 amide bonds. The Hall–Kier alpha value is -3.20. The van der Waals surface area contributed by atoms with E-state index in [1.54, 1.807) is 0 Å². The molecular weight excluding hydrogens is 433 g/mol. The largest absolute Gasteiger partial charge is 0.416 e. The third-order valence-electron chi connectivity index (χ3n) is 5.76. The van der Waals surface area contributed by atoms with Crippen LogP contribution in [0.2, 0.25) is 0 Å². The highest BCUT2D eigenvalue weighted by atomic mass is 19.4. The topological polar surface area (TPSA) is 62.5 Å². The Morgan fingerprint density at radius 1 is 1.06 bits per heavy atom. The standard InChI is InChI=1S/C24H25F3N4O2/c1-16(2)17-6-8-18(9-7-17)23(32)31-12-10-30(11-13-31)15-21-28-22(29-33-21)19-4-3-5-20(14-19)24(25,26)27/h3-9,14,16H,10-13,15H2,1-2H3. The molecule has 1 aliphatic rings. The number of benzene rings is 2. The van der Waals surface area contributed by atoms with Crippen molar-refractivity contribution >= 4 is 5.91 Å². The number of hydrogen-bond acceptors (Lipinski definition) is 5. The van der Waals surface area contributed by atoms with Gasteiger partial charge in [0.2, 0.25) is 11.7 Å². The van der Waals surface area contributed by atoms with Gasteiger partial charge in [-0.2, -0.15) is 18.2 Å². The Labute approximate surface area is 190 Å². The van der Waals surface area contributed by atoms with Crippen molar-refractivity contribution in [2.45, 2.75) is 32.5 Å². The first-order valence-electron chi connectivity index (χ1n) is 10.8. The molecule has 6 nitrogen and oxygen atoms in total. The molecule has 3 aromatic rings. The molecule has 0 unspecified atom stereocenters. The highest BCUT2D eigenvalue weighted by molar-refractivity contribution is 5.94. The van der Waals surface area contributed by atoms with Crippen LogP contribution in [0.3, 0.4) is 0 Å². The van der Waals surface area contributed by atoms with Crippen LogP contribution in [0, 0.1) is 0 Å². The zero-order valence-corrected chi connectivity index (χ0v) is 18.5. The normalized spacial score (nSPS) is 15.3. The van der Waals surface area contributed by atoms with Gasteiger partial charge in [-0.15, -0.1) is 0 Å². The van der Waals surface area contributed by atoms with Crippen LogP contribution in [0.4, 0.5) is 13.2 Å². The highest BCUT2D eigenvalue weighted by Crippen LogP contribution is 2.31. The van der Waals surface area contributed by atoms with Crippen molar-refractivity contribution < 1.29 is 22.5 Å². The second-order valence-corrected chi connectivity index (χ2v) is 8.44. The summed E-state index contributed by atoms with van der Waals surface area (Å²) in [6, 6.07) is 12.6. The number of nitrogens with zero attached hydrogens (tertiary/aromatic N) is 4. The molecule has 2 aromatic carbocycles. The van der Waals surface area contributed by atoms with Crippen molar-refractivity contribution in [3.63, 3.8) is 0 Å². The first-order chi connectivity index (χ1) is 15.7. The van der Waals surface area contributed by atoms with E-state index in [1.807, 2.05) is 29.2 Å². The Bertz CT molecular complexity index is 1100. The molecular formula is C24H25F3N4O2. The predicted molar refractivity (Wildman–Crippen MR) is 116 cm³/mol. The number of alkyl halides is 3. The summed E-state index contributed by atoms with van der Waals surface area (Å²) >= 11 is 0. The lowest BCUT2D eigenvalue weighted by molar-refractivity contribution is -0.137. The molecule has 0 spiro atoms. The summed E-state index contributed by atoms with van der Waals surface area (Å²) in [5.41, 5.74) is 1.36. The van der Waals surface area contributed by atoms with E-state index in [1.165, 1.54) is 17.7 Å². The zero-order chi connectivity index (χ0) is 23.6. The smallest absolute Gasteiger partial charge is 0.338 e. The van der Waals surface area contributed by atoms with Crippen LogP contribution in [0.1, 0.15) is 47.1 Å². The minimum atomic E-state index is -4.43. The second kappa shape index (κ2) is 9.35. The molecule has 4 rings (SSSR count). The molecule has 9 heteroatoms. The predicted octanol–water partition coefficient (Wildman–Crippen LogP) is 4.84. The maximum absolute atomic E-state index is 12.9. The van der Waals surface area contributed by atoms with Gasteiger partial charge in [0.05, 0.1) is 12.1 Å². The van der Waals surface area contributed by atoms with Gasteiger partial charge in [0, 0.05) is 37.3 Å². The number of hydrogen-bond donors (Lipinski definition) is 0. The molecule has 0 atom stereocenters. The van der Waals surface area contributed by atoms with E-state index in [4.69, 9.17) is 4.52 Å². The lowest BCUT2D eigenvalue weighted by Crippen LogP contribution is -2.48. The van der Waals surface area contributed by atoms with Gasteiger partial charge in [0.1, 0.15) is 0 Å². The molecule has 1 aliphatic heterocycles. The molecule has 174 valence electrons. The highest BCUT2D eigenvalue weighted by Gasteiger charge is 2.31. The fraction of sp³-hybridized carbons (Fsp3) is 0.375. The fourth-order valence-electron chi connectivity index (χ4n) is 3.76. The molecule has 1 saturated heterocycles. The molecule has 0 radical (unpaired) electrons. The van der Waals surface area contributed by atoms with Crippen LogP contribution in [-0.2, 0) is 12.7 Å². The summed E-state index contributed by atoms with van der Waals surface area (Å²) in [6.45, 7) is 7.01. The third-order valence-corrected chi connectivity index (χ3v) is 5.76. The zero-order valence-electron chi connectivity index (χ0n) is 18.5. The van der Waals surface area contributed by atoms with Crippen molar-refractivity contribution in [1.29, 1.82) is 0 Å². The molecule has 0 aliphatic carbocycles. The molecule has 0 saturated carbocycles. The van der Waals surface area contributed by atoms with Crippen molar-refractivity contribution in [1.82, 2.24) is 19.9 Å². The van der Waals surface area contributed by atoms with Crippen LogP contribution in [0.15, 0.2) is 53.1 Å². The van der Waals surface area contributed by atoms with Crippen LogP contribution in [-0.4, -0.2) is 52.0 Å². The Morgan fingerprint density at radius 2 is 1.76 bits per heavy atom. The van der Waals surface area contributed by atoms with E-state index < -0.39 is 11.7 Å². The third kappa shape index (κ3) is 5.42. The minimum absolute atomic E-state index is 0.00887. The Balaban J connectivity index is 1.33. The SMILES string of the molecule is CC(C)c1ccc(C(=O)N2CCN(Cc3nc(-c4cccc(C(F)(F)F)c4)no3)CC2)cc1. The Kier molecular flexibility index (Phi) is 6.51. The van der Waals surface area contributed by atoms with Crippen molar-refractivity contribution in [3.05, 3.63) is 71.1 Å². The maximum atomic E-state index is 12.9. The van der Waals surface area contributed by atoms with Crippen molar-refractivity contribution in [2.75, 3.05) is 26.2 Å². The quantitative estimate of drug-likeness (QED) is 0.548. The van der Waals surface area contributed by atoms with E-state index in [0.717, 1.165) is 12.1 Å². The molecule has 1 fully saturated rings. The maximum Gasteiger partial charge on any atom is 0.416 e. The number of carbonyl (C=O) groups excluding carboxylic acids is 1. The van der Waals surface area contributed by atoms with E-state index in [2.05, 4.69) is 28.9 Å².